The number of piperidine rings is 1. The molecule has 2 N–H and O–H groups in total. The molecule has 1 atom stereocenters. The number of benzene rings is 1. The quantitative estimate of drug-likeness (QED) is 0.653. The van der Waals surface area contributed by atoms with Crippen LogP contribution in [0.2, 0.25) is 0 Å². The lowest BCUT2D eigenvalue weighted by Crippen LogP contribution is -2.46. The molecule has 102 valence electrons. The van der Waals surface area contributed by atoms with Crippen LogP contribution in [0.25, 0.3) is 0 Å². The van der Waals surface area contributed by atoms with E-state index < -0.39 is 4.92 Å². The van der Waals surface area contributed by atoms with Gasteiger partial charge in [-0.2, -0.15) is 0 Å². The van der Waals surface area contributed by atoms with Gasteiger partial charge in [0.1, 0.15) is 0 Å². The van der Waals surface area contributed by atoms with Gasteiger partial charge >= 0.3 is 0 Å². The number of carbonyl (C=O) groups is 1. The normalized spacial score (nSPS) is 19.2. The van der Waals surface area contributed by atoms with E-state index in [0.29, 0.717) is 6.54 Å². The van der Waals surface area contributed by atoms with Gasteiger partial charge in [0, 0.05) is 31.3 Å². The molecule has 0 unspecified atom stereocenters. The van der Waals surface area contributed by atoms with E-state index in [-0.39, 0.29) is 24.1 Å². The zero-order valence-electron chi connectivity index (χ0n) is 10.6. The molecule has 0 spiro atoms. The third-order valence-corrected chi connectivity index (χ3v) is 3.31. The molecule has 0 aliphatic carbocycles. The zero-order valence-corrected chi connectivity index (χ0v) is 10.6. The summed E-state index contributed by atoms with van der Waals surface area (Å²) in [5, 5.41) is 10.5. The van der Waals surface area contributed by atoms with Crippen molar-refractivity contribution in [2.45, 2.75) is 25.3 Å². The minimum atomic E-state index is -0.449. The number of non-ortho nitro benzene ring substituents is 1. The molecule has 6 nitrogen and oxygen atoms in total. The van der Waals surface area contributed by atoms with Crippen LogP contribution in [0.3, 0.4) is 0 Å². The Bertz CT molecular complexity index is 473. The Hall–Kier alpha value is -1.95. The molecule has 1 amide bonds. The van der Waals surface area contributed by atoms with Gasteiger partial charge in [-0.05, 0) is 18.4 Å². The van der Waals surface area contributed by atoms with Crippen molar-refractivity contribution in [1.82, 2.24) is 4.90 Å². The molecule has 0 saturated carbocycles. The van der Waals surface area contributed by atoms with Crippen molar-refractivity contribution >= 4 is 11.6 Å². The van der Waals surface area contributed by atoms with E-state index in [1.165, 1.54) is 12.1 Å². The van der Waals surface area contributed by atoms with Crippen molar-refractivity contribution in [2.24, 2.45) is 5.73 Å². The second-order valence-corrected chi connectivity index (χ2v) is 4.84. The highest BCUT2D eigenvalue weighted by molar-refractivity contribution is 5.79. The molecule has 0 bridgehead atoms. The first-order chi connectivity index (χ1) is 9.06. The number of nitrogens with two attached hydrogens (primary N) is 1. The maximum Gasteiger partial charge on any atom is 0.269 e. The molecule has 6 heteroatoms. The molecule has 0 radical (unpaired) electrons. The topological polar surface area (TPSA) is 89.5 Å². The summed E-state index contributed by atoms with van der Waals surface area (Å²) in [6.07, 6.45) is 2.17. The first kappa shape index (κ1) is 13.5. The molecule has 1 fully saturated rings. The standard InChI is InChI=1S/C13H17N3O3/c14-11-2-1-7-15(9-11)13(17)8-10-3-5-12(6-4-10)16(18)19/h3-6,11H,1-2,7-9,14H2/t11-/m1/s1. The van der Waals surface area contributed by atoms with E-state index in [4.69, 9.17) is 5.73 Å². The summed E-state index contributed by atoms with van der Waals surface area (Å²) in [7, 11) is 0. The van der Waals surface area contributed by atoms with Crippen LogP contribution in [-0.2, 0) is 11.2 Å². The zero-order chi connectivity index (χ0) is 13.8. The number of amides is 1. The van der Waals surface area contributed by atoms with Gasteiger partial charge in [-0.3, -0.25) is 14.9 Å². The molecular weight excluding hydrogens is 246 g/mol. The molecule has 19 heavy (non-hydrogen) atoms. The summed E-state index contributed by atoms with van der Waals surface area (Å²) in [4.78, 5) is 23.9. The number of likely N-dealkylation sites (tertiary alicyclic amines) is 1. The molecule has 1 heterocycles. The summed E-state index contributed by atoms with van der Waals surface area (Å²) in [6, 6.07) is 6.16. The first-order valence-corrected chi connectivity index (χ1v) is 6.33. The fraction of sp³-hybridized carbons (Fsp3) is 0.462. The third-order valence-electron chi connectivity index (χ3n) is 3.31. The average Bonchev–Trinajstić information content (AvgIpc) is 2.39. The number of hydrogen-bond acceptors (Lipinski definition) is 4. The van der Waals surface area contributed by atoms with Gasteiger partial charge in [-0.15, -0.1) is 0 Å². The van der Waals surface area contributed by atoms with Crippen LogP contribution in [0.1, 0.15) is 18.4 Å². The Balaban J connectivity index is 1.96. The summed E-state index contributed by atoms with van der Waals surface area (Å²) in [6.45, 7) is 1.35. The van der Waals surface area contributed by atoms with Gasteiger partial charge in [0.15, 0.2) is 0 Å². The first-order valence-electron chi connectivity index (χ1n) is 6.33. The molecule has 1 aromatic rings. The number of nitrogens with zero attached hydrogens (tertiary/aromatic N) is 2. The molecule has 1 aliphatic heterocycles. The molecule has 1 aliphatic rings. The van der Waals surface area contributed by atoms with E-state index in [9.17, 15) is 14.9 Å². The van der Waals surface area contributed by atoms with E-state index in [1.807, 2.05) is 0 Å². The fourth-order valence-corrected chi connectivity index (χ4v) is 2.26. The van der Waals surface area contributed by atoms with E-state index in [1.54, 1.807) is 17.0 Å². The van der Waals surface area contributed by atoms with Gasteiger partial charge < -0.3 is 10.6 Å². The minimum Gasteiger partial charge on any atom is -0.341 e. The van der Waals surface area contributed by atoms with E-state index in [2.05, 4.69) is 0 Å². The highest BCUT2D eigenvalue weighted by Crippen LogP contribution is 2.14. The largest absolute Gasteiger partial charge is 0.341 e. The molecular formula is C13H17N3O3. The van der Waals surface area contributed by atoms with Gasteiger partial charge in [0.2, 0.25) is 5.91 Å². The Morgan fingerprint density at radius 1 is 1.42 bits per heavy atom. The van der Waals surface area contributed by atoms with E-state index >= 15 is 0 Å². The van der Waals surface area contributed by atoms with Gasteiger partial charge in [0.05, 0.1) is 11.3 Å². The number of hydrogen-bond donors (Lipinski definition) is 1. The lowest BCUT2D eigenvalue weighted by molar-refractivity contribution is -0.384. The monoisotopic (exact) mass is 263 g/mol. The minimum absolute atomic E-state index is 0.0315. The van der Waals surface area contributed by atoms with Crippen molar-refractivity contribution in [3.63, 3.8) is 0 Å². The van der Waals surface area contributed by atoms with Crippen molar-refractivity contribution in [2.75, 3.05) is 13.1 Å². The molecule has 1 aromatic carbocycles. The highest BCUT2D eigenvalue weighted by Gasteiger charge is 2.21. The van der Waals surface area contributed by atoms with Gasteiger partial charge in [-0.25, -0.2) is 0 Å². The maximum atomic E-state index is 12.1. The van der Waals surface area contributed by atoms with Crippen LogP contribution >= 0.6 is 0 Å². The van der Waals surface area contributed by atoms with Gasteiger partial charge in [-0.1, -0.05) is 12.1 Å². The lowest BCUT2D eigenvalue weighted by Gasteiger charge is -2.30. The number of carbonyl (C=O) groups excluding carboxylic acids is 1. The predicted molar refractivity (Wildman–Crippen MR) is 70.6 cm³/mol. The van der Waals surface area contributed by atoms with Crippen LogP contribution in [0.4, 0.5) is 5.69 Å². The number of rotatable bonds is 3. The Labute approximate surface area is 111 Å². The smallest absolute Gasteiger partial charge is 0.269 e. The Kier molecular flexibility index (Phi) is 4.11. The summed E-state index contributed by atoms with van der Waals surface area (Å²) >= 11 is 0. The average molecular weight is 263 g/mol. The Morgan fingerprint density at radius 2 is 2.11 bits per heavy atom. The second-order valence-electron chi connectivity index (χ2n) is 4.84. The van der Waals surface area contributed by atoms with Crippen molar-refractivity contribution < 1.29 is 9.72 Å². The second kappa shape index (κ2) is 5.79. The SMILES string of the molecule is N[C@@H]1CCCN(C(=O)Cc2ccc([N+](=O)[O-])cc2)C1. The number of nitro benzene ring substituents is 1. The predicted octanol–water partition coefficient (Wildman–Crippen LogP) is 1.09. The lowest BCUT2D eigenvalue weighted by atomic mass is 10.0. The van der Waals surface area contributed by atoms with Crippen LogP contribution in [0.5, 0.6) is 0 Å². The van der Waals surface area contributed by atoms with Crippen LogP contribution in [-0.4, -0.2) is 34.9 Å². The van der Waals surface area contributed by atoms with E-state index in [0.717, 1.165) is 24.9 Å². The van der Waals surface area contributed by atoms with Crippen LogP contribution < -0.4 is 5.73 Å². The highest BCUT2D eigenvalue weighted by atomic mass is 16.6. The molecule has 1 saturated heterocycles. The van der Waals surface area contributed by atoms with Crippen molar-refractivity contribution in [3.05, 3.63) is 39.9 Å². The summed E-state index contributed by atoms with van der Waals surface area (Å²) < 4.78 is 0. The van der Waals surface area contributed by atoms with Crippen molar-refractivity contribution in [3.8, 4) is 0 Å². The fourth-order valence-electron chi connectivity index (χ4n) is 2.26. The third kappa shape index (κ3) is 3.51. The maximum absolute atomic E-state index is 12.1. The van der Waals surface area contributed by atoms with Gasteiger partial charge in [0.25, 0.3) is 5.69 Å². The van der Waals surface area contributed by atoms with Crippen LogP contribution in [0, 0.1) is 10.1 Å². The Morgan fingerprint density at radius 3 is 2.68 bits per heavy atom. The summed E-state index contributed by atoms with van der Waals surface area (Å²) in [5.41, 5.74) is 6.67. The number of nitro groups is 1. The van der Waals surface area contributed by atoms with Crippen molar-refractivity contribution in [1.29, 1.82) is 0 Å². The van der Waals surface area contributed by atoms with Crippen LogP contribution in [0.15, 0.2) is 24.3 Å². The molecule has 2 rings (SSSR count). The summed E-state index contributed by atoms with van der Waals surface area (Å²) in [5.74, 6) is 0.0315. The molecule has 0 aromatic heterocycles.